The first kappa shape index (κ1) is 14.8. The lowest BCUT2D eigenvalue weighted by Gasteiger charge is -2.33. The number of hydrogen-bond donors (Lipinski definition) is 2. The van der Waals surface area contributed by atoms with Crippen molar-refractivity contribution in [3.05, 3.63) is 24.5 Å². The third kappa shape index (κ3) is 3.71. The molecule has 1 aliphatic rings. The van der Waals surface area contributed by atoms with Crippen LogP contribution in [0.3, 0.4) is 0 Å². The summed E-state index contributed by atoms with van der Waals surface area (Å²) < 4.78 is 5.16. The Hall–Kier alpha value is -1.60. The van der Waals surface area contributed by atoms with Crippen molar-refractivity contribution >= 4 is 23.6 Å². The Morgan fingerprint density at radius 3 is 2.60 bits per heavy atom. The van der Waals surface area contributed by atoms with Gasteiger partial charge >= 0.3 is 5.97 Å². The molecule has 0 aromatic carbocycles. The molecule has 6 nitrogen and oxygen atoms in total. The fourth-order valence-electron chi connectivity index (χ4n) is 2.00. The van der Waals surface area contributed by atoms with Gasteiger partial charge in [-0.15, -0.1) is 11.8 Å². The number of hydrogen-bond acceptors (Lipinski definition) is 5. The fraction of sp³-hybridized carbons (Fsp3) is 0.462. The van der Waals surface area contributed by atoms with Gasteiger partial charge in [0.05, 0.1) is 5.75 Å². The normalized spacial score (nSPS) is 17.4. The Balaban J connectivity index is 1.90. The van der Waals surface area contributed by atoms with Crippen molar-refractivity contribution in [2.45, 2.75) is 23.3 Å². The maximum absolute atomic E-state index is 11.9. The minimum atomic E-state index is -1.19. The van der Waals surface area contributed by atoms with E-state index in [-0.39, 0.29) is 11.7 Å². The summed E-state index contributed by atoms with van der Waals surface area (Å²) in [4.78, 5) is 28.2. The van der Waals surface area contributed by atoms with Crippen LogP contribution in [-0.4, -0.2) is 46.5 Å². The zero-order valence-electron chi connectivity index (χ0n) is 10.9. The number of ether oxygens (including phenoxy) is 1. The SMILES string of the molecule is O=C(CSc1ccncc1)NC1(C(=O)O)CCOCC1. The average Bonchev–Trinajstić information content (AvgIpc) is 2.47. The zero-order valence-corrected chi connectivity index (χ0v) is 11.7. The fourth-order valence-corrected chi connectivity index (χ4v) is 2.68. The molecular weight excluding hydrogens is 280 g/mol. The molecule has 0 unspecified atom stereocenters. The lowest BCUT2D eigenvalue weighted by Crippen LogP contribution is -2.57. The first-order chi connectivity index (χ1) is 9.62. The highest BCUT2D eigenvalue weighted by Crippen LogP contribution is 2.22. The number of carbonyl (C=O) groups excluding carboxylic acids is 1. The molecule has 1 aromatic rings. The maximum Gasteiger partial charge on any atom is 0.329 e. The first-order valence-corrected chi connectivity index (χ1v) is 7.26. The number of rotatable bonds is 5. The molecule has 1 saturated heterocycles. The third-order valence-corrected chi connectivity index (χ3v) is 4.17. The monoisotopic (exact) mass is 296 g/mol. The summed E-state index contributed by atoms with van der Waals surface area (Å²) in [5.74, 6) is -1.10. The molecule has 0 atom stereocenters. The Bertz CT molecular complexity index is 475. The van der Waals surface area contributed by atoms with Crippen molar-refractivity contribution in [3.63, 3.8) is 0 Å². The van der Waals surface area contributed by atoms with Crippen LogP contribution in [0.5, 0.6) is 0 Å². The van der Waals surface area contributed by atoms with E-state index in [9.17, 15) is 14.7 Å². The maximum atomic E-state index is 11.9. The van der Waals surface area contributed by atoms with Gasteiger partial charge < -0.3 is 15.2 Å². The number of carboxylic acid groups (broad SMARTS) is 1. The van der Waals surface area contributed by atoms with E-state index in [4.69, 9.17) is 4.74 Å². The van der Waals surface area contributed by atoms with Gasteiger partial charge in [-0.25, -0.2) is 4.79 Å². The molecule has 0 bridgehead atoms. The Morgan fingerprint density at radius 1 is 1.35 bits per heavy atom. The molecular formula is C13H16N2O4S. The lowest BCUT2D eigenvalue weighted by molar-refractivity contribution is -0.151. The minimum Gasteiger partial charge on any atom is -0.480 e. The number of amides is 1. The lowest BCUT2D eigenvalue weighted by atomic mass is 9.90. The van der Waals surface area contributed by atoms with Gasteiger partial charge in [0.1, 0.15) is 5.54 Å². The van der Waals surface area contributed by atoms with Crippen LogP contribution in [0, 0.1) is 0 Å². The number of nitrogens with zero attached hydrogens (tertiary/aromatic N) is 1. The molecule has 108 valence electrons. The highest BCUT2D eigenvalue weighted by molar-refractivity contribution is 8.00. The van der Waals surface area contributed by atoms with Gasteiger partial charge in [-0.1, -0.05) is 0 Å². The molecule has 2 N–H and O–H groups in total. The minimum absolute atomic E-state index is 0.180. The van der Waals surface area contributed by atoms with Gasteiger partial charge in [0, 0.05) is 43.3 Å². The largest absolute Gasteiger partial charge is 0.480 e. The molecule has 1 fully saturated rings. The number of pyridine rings is 1. The van der Waals surface area contributed by atoms with Crippen LogP contribution in [0.25, 0.3) is 0 Å². The first-order valence-electron chi connectivity index (χ1n) is 6.27. The second-order valence-electron chi connectivity index (χ2n) is 4.52. The quantitative estimate of drug-likeness (QED) is 0.786. The molecule has 20 heavy (non-hydrogen) atoms. The van der Waals surface area contributed by atoms with Gasteiger partial charge in [-0.3, -0.25) is 9.78 Å². The van der Waals surface area contributed by atoms with Crippen molar-refractivity contribution in [2.24, 2.45) is 0 Å². The van der Waals surface area contributed by atoms with Crippen LogP contribution in [0.4, 0.5) is 0 Å². The molecule has 7 heteroatoms. The van der Waals surface area contributed by atoms with E-state index in [1.165, 1.54) is 11.8 Å². The summed E-state index contributed by atoms with van der Waals surface area (Å²) in [7, 11) is 0. The van der Waals surface area contributed by atoms with Gasteiger partial charge in [0.25, 0.3) is 0 Å². The van der Waals surface area contributed by atoms with Crippen molar-refractivity contribution < 1.29 is 19.4 Å². The van der Waals surface area contributed by atoms with E-state index >= 15 is 0 Å². The van der Waals surface area contributed by atoms with Gasteiger partial charge in [-0.2, -0.15) is 0 Å². The average molecular weight is 296 g/mol. The zero-order chi connectivity index (χ0) is 14.4. The number of carboxylic acids is 1. The van der Waals surface area contributed by atoms with Crippen LogP contribution >= 0.6 is 11.8 Å². The molecule has 2 rings (SSSR count). The van der Waals surface area contributed by atoms with Crippen LogP contribution in [0.1, 0.15) is 12.8 Å². The van der Waals surface area contributed by atoms with E-state index in [1.807, 2.05) is 0 Å². The summed E-state index contributed by atoms with van der Waals surface area (Å²) in [5, 5.41) is 12.0. The van der Waals surface area contributed by atoms with E-state index in [1.54, 1.807) is 24.5 Å². The smallest absolute Gasteiger partial charge is 0.329 e. The highest BCUT2D eigenvalue weighted by atomic mass is 32.2. The summed E-state index contributed by atoms with van der Waals surface area (Å²) >= 11 is 1.35. The Morgan fingerprint density at radius 2 is 2.00 bits per heavy atom. The molecule has 1 aromatic heterocycles. The van der Waals surface area contributed by atoms with E-state index < -0.39 is 11.5 Å². The van der Waals surface area contributed by atoms with Gasteiger partial charge in [-0.05, 0) is 12.1 Å². The van der Waals surface area contributed by atoms with Crippen LogP contribution in [-0.2, 0) is 14.3 Å². The van der Waals surface area contributed by atoms with E-state index in [0.29, 0.717) is 26.1 Å². The number of carbonyl (C=O) groups is 2. The number of aliphatic carboxylic acids is 1. The van der Waals surface area contributed by atoms with Crippen LogP contribution < -0.4 is 5.32 Å². The van der Waals surface area contributed by atoms with Crippen LogP contribution in [0.15, 0.2) is 29.4 Å². The van der Waals surface area contributed by atoms with Crippen molar-refractivity contribution in [1.29, 1.82) is 0 Å². The molecule has 1 amide bonds. The molecule has 0 aliphatic carbocycles. The summed E-state index contributed by atoms with van der Waals surface area (Å²) in [5.41, 5.74) is -1.19. The number of thioether (sulfide) groups is 1. The number of aromatic nitrogens is 1. The van der Waals surface area contributed by atoms with Crippen LogP contribution in [0.2, 0.25) is 0 Å². The molecule has 0 spiro atoms. The summed E-state index contributed by atoms with van der Waals surface area (Å²) in [6, 6.07) is 3.61. The van der Waals surface area contributed by atoms with E-state index in [2.05, 4.69) is 10.3 Å². The molecule has 1 aliphatic heterocycles. The van der Waals surface area contributed by atoms with Crippen molar-refractivity contribution in [2.75, 3.05) is 19.0 Å². The summed E-state index contributed by atoms with van der Waals surface area (Å²) in [6.45, 7) is 0.703. The third-order valence-electron chi connectivity index (χ3n) is 3.15. The van der Waals surface area contributed by atoms with Gasteiger partial charge in [0.2, 0.25) is 5.91 Å². The summed E-state index contributed by atoms with van der Waals surface area (Å²) in [6.07, 6.45) is 3.90. The van der Waals surface area contributed by atoms with Crippen molar-refractivity contribution in [3.8, 4) is 0 Å². The number of nitrogens with one attached hydrogen (secondary N) is 1. The van der Waals surface area contributed by atoms with Gasteiger partial charge in [0.15, 0.2) is 0 Å². The molecule has 0 radical (unpaired) electrons. The second-order valence-corrected chi connectivity index (χ2v) is 5.57. The predicted molar refractivity (Wildman–Crippen MR) is 73.5 cm³/mol. The topological polar surface area (TPSA) is 88.5 Å². The van der Waals surface area contributed by atoms with E-state index in [0.717, 1.165) is 4.90 Å². The standard InChI is InChI=1S/C13H16N2O4S/c16-11(9-20-10-1-5-14-6-2-10)15-13(12(17)18)3-7-19-8-4-13/h1-2,5-6H,3-4,7-9H2,(H,15,16)(H,17,18). The Kier molecular flexibility index (Phi) is 4.97. The molecule has 2 heterocycles. The highest BCUT2D eigenvalue weighted by Gasteiger charge is 2.41. The second kappa shape index (κ2) is 6.71. The predicted octanol–water partition coefficient (Wildman–Crippen LogP) is 0.924. The molecule has 0 saturated carbocycles. The Labute approximate surface area is 120 Å². The van der Waals surface area contributed by atoms with Crippen molar-refractivity contribution in [1.82, 2.24) is 10.3 Å².